The highest BCUT2D eigenvalue weighted by atomic mass is 16.7. The molecule has 18 atom stereocenters. The monoisotopic (exact) mass is 655 g/mol. The number of hydrogen-bond donors (Lipinski definition) is 9. The Labute approximate surface area is 261 Å². The number of methoxy groups -OCH3 is 2. The van der Waals surface area contributed by atoms with E-state index in [2.05, 4.69) is 0 Å². The van der Waals surface area contributed by atoms with Gasteiger partial charge in [-0.2, -0.15) is 0 Å². The van der Waals surface area contributed by atoms with Crippen LogP contribution in [0.2, 0.25) is 0 Å². The molecule has 0 bridgehead atoms. The van der Waals surface area contributed by atoms with Crippen molar-refractivity contribution < 1.29 is 79.1 Å². The van der Waals surface area contributed by atoms with Gasteiger partial charge in [0.05, 0.1) is 43.0 Å². The van der Waals surface area contributed by atoms with E-state index < -0.39 is 123 Å². The highest BCUT2D eigenvalue weighted by molar-refractivity contribution is 5.01. The van der Waals surface area contributed by atoms with Gasteiger partial charge in [0.2, 0.25) is 0 Å². The predicted octanol–water partition coefficient (Wildman–Crippen LogP) is -4.38. The third kappa shape index (κ3) is 7.22. The summed E-state index contributed by atoms with van der Waals surface area (Å²) in [6.07, 6.45) is -17.6. The average molecular weight is 656 g/mol. The quantitative estimate of drug-likeness (QED) is 0.112. The molecule has 262 valence electrons. The lowest BCUT2D eigenvalue weighted by atomic mass is 9.72. The summed E-state index contributed by atoms with van der Waals surface area (Å²) in [6, 6.07) is 0. The summed E-state index contributed by atoms with van der Waals surface area (Å²) in [7, 11) is 3.01. The predicted molar refractivity (Wildman–Crippen MR) is 149 cm³/mol. The summed E-state index contributed by atoms with van der Waals surface area (Å²) in [5, 5.41) is 93.8. The molecule has 2 saturated carbocycles. The molecule has 0 aromatic rings. The molecule has 3 saturated heterocycles. The molecule has 5 aliphatic rings. The van der Waals surface area contributed by atoms with Crippen molar-refractivity contribution >= 4 is 0 Å². The molecule has 0 amide bonds. The summed E-state index contributed by atoms with van der Waals surface area (Å²) >= 11 is 0. The number of ether oxygens (including phenoxy) is 7. The lowest BCUT2D eigenvalue weighted by Gasteiger charge is -2.50. The third-order valence-corrected chi connectivity index (χ3v) is 10.4. The van der Waals surface area contributed by atoms with E-state index in [1.54, 1.807) is 6.92 Å². The first kappa shape index (κ1) is 35.7. The first-order valence-electron chi connectivity index (χ1n) is 15.8. The normalized spacial score (nSPS) is 54.4. The molecule has 0 aromatic heterocycles. The zero-order chi connectivity index (χ0) is 32.7. The fraction of sp³-hybridized carbons (Fsp3) is 1.00. The summed E-state index contributed by atoms with van der Waals surface area (Å²) in [5.41, 5.74) is 0. The van der Waals surface area contributed by atoms with E-state index >= 15 is 0 Å². The van der Waals surface area contributed by atoms with E-state index in [1.807, 2.05) is 0 Å². The number of aliphatic hydroxyl groups excluding tert-OH is 9. The van der Waals surface area contributed by atoms with E-state index in [0.717, 1.165) is 0 Å². The number of rotatable bonds is 8. The topological polar surface area (TPSA) is 250 Å². The first-order valence-corrected chi connectivity index (χ1v) is 15.8. The second kappa shape index (κ2) is 14.9. The minimum Gasteiger partial charge on any atom is -0.427 e. The maximum absolute atomic E-state index is 10.9. The largest absolute Gasteiger partial charge is 0.427 e. The Balaban J connectivity index is 1.40. The van der Waals surface area contributed by atoms with Crippen molar-refractivity contribution in [1.82, 2.24) is 0 Å². The fourth-order valence-electron chi connectivity index (χ4n) is 7.77. The summed E-state index contributed by atoms with van der Waals surface area (Å²) < 4.78 is 40.2. The molecule has 16 nitrogen and oxygen atoms in total. The lowest BCUT2D eigenvalue weighted by molar-refractivity contribution is -0.366. The molecule has 5 fully saturated rings. The van der Waals surface area contributed by atoms with Crippen molar-refractivity contribution in [2.75, 3.05) is 20.8 Å². The van der Waals surface area contributed by atoms with Gasteiger partial charge >= 0.3 is 0 Å². The van der Waals surface area contributed by atoms with Gasteiger partial charge in [0.15, 0.2) is 24.8 Å². The van der Waals surface area contributed by atoms with Crippen LogP contribution in [0.15, 0.2) is 0 Å². The molecule has 16 heteroatoms. The number of aliphatic hydroxyl groups is 11. The van der Waals surface area contributed by atoms with Gasteiger partial charge in [0, 0.05) is 33.0 Å². The number of fused-ring (bicyclic) bond motifs is 1. The molecule has 10 N–H and O–H groups in total. The van der Waals surface area contributed by atoms with Gasteiger partial charge < -0.3 is 79.1 Å². The molecule has 0 spiro atoms. The molecule has 8 unspecified atom stereocenters. The second-order valence-electron chi connectivity index (χ2n) is 13.2. The first-order chi connectivity index (χ1) is 21.4. The molecule has 5 rings (SSSR count). The zero-order valence-corrected chi connectivity index (χ0v) is 25.7. The van der Waals surface area contributed by atoms with Gasteiger partial charge in [0.1, 0.15) is 54.9 Å². The summed E-state index contributed by atoms with van der Waals surface area (Å²) in [6.45, 7) is 0.928. The van der Waals surface area contributed by atoms with Crippen LogP contribution in [0.5, 0.6) is 0 Å². The summed E-state index contributed by atoms with van der Waals surface area (Å²) in [4.78, 5) is 0. The smallest absolute Gasteiger partial charge is 0.187 e. The maximum Gasteiger partial charge on any atom is 0.187 e. The van der Waals surface area contributed by atoms with Crippen molar-refractivity contribution in [3.63, 3.8) is 0 Å². The van der Waals surface area contributed by atoms with Gasteiger partial charge in [-0.15, -0.1) is 0 Å². The highest BCUT2D eigenvalue weighted by Gasteiger charge is 2.57. The van der Waals surface area contributed by atoms with Crippen LogP contribution in [0.1, 0.15) is 39.0 Å². The fourth-order valence-corrected chi connectivity index (χ4v) is 7.77. The minimum atomic E-state index is -1.64. The Hall–Kier alpha value is -0.640. The molecule has 45 heavy (non-hydrogen) atoms. The molecular weight excluding hydrogens is 604 g/mol. The van der Waals surface area contributed by atoms with Gasteiger partial charge in [-0.05, 0) is 26.2 Å². The molecule has 3 aliphatic heterocycles. The van der Waals surface area contributed by atoms with Crippen molar-refractivity contribution in [3.8, 4) is 0 Å². The third-order valence-electron chi connectivity index (χ3n) is 10.4. The van der Waals surface area contributed by atoms with Crippen molar-refractivity contribution in [3.05, 3.63) is 0 Å². The van der Waals surface area contributed by atoms with Crippen LogP contribution in [-0.4, -0.2) is 182 Å². The van der Waals surface area contributed by atoms with Crippen LogP contribution in [0.4, 0.5) is 0 Å². The molecular formula is C29H51O16+. The standard InChI is InChI=1S/C29H50O16/c1-10-20(32)23(35)25(37)28(41-10)44-18-8-13-14(42-27(18)11-4-16(39-2)21(33)17(5-11)40-3)6-12(31)7-15(13)43-29-26(38)24(36)22(34)19(9-30)45-29/h10-38H,4-9H2,1-3H3/p+1/t10-,11?,12?,13?,14?,15?,16?,17?,18?,19+,20-,21?,22+,23+,24-,25+,26+,27?,28-,29+/m0/s1. The van der Waals surface area contributed by atoms with Crippen LogP contribution in [0, 0.1) is 11.8 Å². The van der Waals surface area contributed by atoms with Gasteiger partial charge in [-0.1, -0.05) is 0 Å². The van der Waals surface area contributed by atoms with E-state index in [1.165, 1.54) is 14.2 Å². The lowest BCUT2D eigenvalue weighted by Crippen LogP contribution is -2.64. The van der Waals surface area contributed by atoms with Crippen molar-refractivity contribution in [2.24, 2.45) is 11.8 Å². The molecule has 3 heterocycles. The average Bonchev–Trinajstić information content (AvgIpc) is 3.02. The zero-order valence-electron chi connectivity index (χ0n) is 25.7. The Kier molecular flexibility index (Phi) is 11.8. The maximum atomic E-state index is 10.9. The minimum absolute atomic E-state index is 0.140. The molecule has 2 aliphatic carbocycles. The van der Waals surface area contributed by atoms with E-state index in [4.69, 9.17) is 33.2 Å². The Morgan fingerprint density at radius 3 is 1.80 bits per heavy atom. The van der Waals surface area contributed by atoms with E-state index in [9.17, 15) is 46.0 Å². The molecule has 0 aromatic carbocycles. The summed E-state index contributed by atoms with van der Waals surface area (Å²) in [5.74, 6) is -0.617. The van der Waals surface area contributed by atoms with E-state index in [0.29, 0.717) is 19.3 Å². The SMILES string of the molecule is COC1CC(C2[OH+]C3CC(O)CC(O[C@@H]4O[C@H](CO)[C@@H](O)[C@H](O)[C@H]4O)C3CC2O[C@@H]2O[C@@H](C)[C@H](O)[C@@H](O)[C@H]2O)CC(OC)C1O. The van der Waals surface area contributed by atoms with Crippen LogP contribution in [0.25, 0.3) is 0 Å². The van der Waals surface area contributed by atoms with Crippen LogP contribution >= 0.6 is 0 Å². The number of hydrogen-bond acceptors (Lipinski definition) is 15. The van der Waals surface area contributed by atoms with Crippen LogP contribution < -0.4 is 0 Å². The van der Waals surface area contributed by atoms with E-state index in [-0.39, 0.29) is 18.8 Å². The Morgan fingerprint density at radius 2 is 1.20 bits per heavy atom. The Morgan fingerprint density at radius 1 is 0.622 bits per heavy atom. The van der Waals surface area contributed by atoms with Crippen molar-refractivity contribution in [2.45, 2.75) is 149 Å². The van der Waals surface area contributed by atoms with Gasteiger partial charge in [-0.25, -0.2) is 0 Å². The molecule has 0 radical (unpaired) electrons. The van der Waals surface area contributed by atoms with Crippen LogP contribution in [-0.2, 0) is 28.4 Å². The van der Waals surface area contributed by atoms with Crippen LogP contribution in [0.3, 0.4) is 0 Å². The second-order valence-corrected chi connectivity index (χ2v) is 13.2. The van der Waals surface area contributed by atoms with Crippen molar-refractivity contribution in [1.29, 1.82) is 0 Å². The van der Waals surface area contributed by atoms with Gasteiger partial charge in [-0.3, -0.25) is 0 Å². The Bertz CT molecular complexity index is 930. The highest BCUT2D eigenvalue weighted by Crippen LogP contribution is 2.44. The van der Waals surface area contributed by atoms with Gasteiger partial charge in [0.25, 0.3) is 0 Å².